The van der Waals surface area contributed by atoms with E-state index in [1.54, 1.807) is 60.7 Å². The van der Waals surface area contributed by atoms with Crippen LogP contribution in [0.4, 0.5) is 17.1 Å². The third kappa shape index (κ3) is 5.80. The zero-order valence-corrected chi connectivity index (χ0v) is 22.3. The molecule has 0 spiro atoms. The highest BCUT2D eigenvalue weighted by atomic mass is 35.5. The highest BCUT2D eigenvalue weighted by molar-refractivity contribution is 6.53. The summed E-state index contributed by atoms with van der Waals surface area (Å²) in [6.45, 7) is 0. The number of halogens is 1. The molecule has 5 rings (SSSR count). The Bertz CT molecular complexity index is 1690. The number of methoxy groups -OCH3 is 1. The number of nitrogens with zero attached hydrogens (tertiary/aromatic N) is 1. The van der Waals surface area contributed by atoms with Crippen molar-refractivity contribution in [1.82, 2.24) is 0 Å². The van der Waals surface area contributed by atoms with Crippen LogP contribution >= 0.6 is 11.6 Å². The highest BCUT2D eigenvalue weighted by Gasteiger charge is 2.39. The van der Waals surface area contributed by atoms with Gasteiger partial charge in [0.15, 0.2) is 0 Å². The first-order valence-electron chi connectivity index (χ1n) is 12.3. The van der Waals surface area contributed by atoms with Crippen LogP contribution in [0.2, 0.25) is 0 Å². The molecule has 2 N–H and O–H groups in total. The first-order chi connectivity index (χ1) is 19.9. The van der Waals surface area contributed by atoms with Crippen molar-refractivity contribution in [3.8, 4) is 11.5 Å². The molecule has 204 valence electrons. The Morgan fingerprint density at radius 2 is 1.46 bits per heavy atom. The van der Waals surface area contributed by atoms with E-state index < -0.39 is 23.7 Å². The number of para-hydroxylation sites is 2. The first kappa shape index (κ1) is 27.2. The van der Waals surface area contributed by atoms with Crippen molar-refractivity contribution >= 4 is 52.4 Å². The normalized spacial score (nSPS) is 12.8. The smallest absolute Gasteiger partial charge is 0.339 e. The summed E-state index contributed by atoms with van der Waals surface area (Å²) >= 11 is 6.28. The van der Waals surface area contributed by atoms with Crippen LogP contribution in [0.3, 0.4) is 0 Å². The second-order valence-electron chi connectivity index (χ2n) is 8.74. The van der Waals surface area contributed by atoms with Gasteiger partial charge in [-0.25, -0.2) is 9.69 Å². The molecule has 4 aromatic rings. The van der Waals surface area contributed by atoms with Gasteiger partial charge in [-0.1, -0.05) is 48.0 Å². The topological polar surface area (TPSA) is 114 Å². The van der Waals surface area contributed by atoms with Crippen LogP contribution < -0.4 is 20.3 Å². The summed E-state index contributed by atoms with van der Waals surface area (Å²) in [5.41, 5.74) is 1.24. The number of anilines is 3. The monoisotopic (exact) mass is 567 g/mol. The van der Waals surface area contributed by atoms with Gasteiger partial charge in [0, 0.05) is 11.3 Å². The molecular weight excluding hydrogens is 546 g/mol. The van der Waals surface area contributed by atoms with Crippen molar-refractivity contribution in [2.45, 2.75) is 0 Å². The van der Waals surface area contributed by atoms with E-state index in [4.69, 9.17) is 21.1 Å². The fourth-order valence-corrected chi connectivity index (χ4v) is 4.30. The van der Waals surface area contributed by atoms with Crippen LogP contribution in [-0.2, 0) is 14.3 Å². The quantitative estimate of drug-likeness (QED) is 0.200. The highest BCUT2D eigenvalue weighted by Crippen LogP contribution is 2.32. The van der Waals surface area contributed by atoms with Gasteiger partial charge in [0.05, 0.1) is 24.0 Å². The van der Waals surface area contributed by atoms with Crippen LogP contribution in [0.1, 0.15) is 20.7 Å². The molecule has 0 bridgehead atoms. The number of hydrogen-bond acceptors (Lipinski definition) is 7. The number of rotatable bonds is 8. The molecule has 10 heteroatoms. The summed E-state index contributed by atoms with van der Waals surface area (Å²) in [7, 11) is 1.25. The Hall–Kier alpha value is -5.41. The molecule has 0 aromatic heterocycles. The predicted molar refractivity (Wildman–Crippen MR) is 154 cm³/mol. The van der Waals surface area contributed by atoms with Gasteiger partial charge in [0.25, 0.3) is 17.7 Å². The molecule has 0 fully saturated rings. The minimum Gasteiger partial charge on any atom is -0.465 e. The van der Waals surface area contributed by atoms with Crippen molar-refractivity contribution in [3.05, 3.63) is 125 Å². The average Bonchev–Trinajstić information content (AvgIpc) is 3.21. The van der Waals surface area contributed by atoms with E-state index >= 15 is 0 Å². The van der Waals surface area contributed by atoms with E-state index in [9.17, 15) is 19.2 Å². The van der Waals surface area contributed by atoms with Gasteiger partial charge in [-0.2, -0.15) is 0 Å². The second kappa shape index (κ2) is 11.8. The minimum absolute atomic E-state index is 0.130. The standard InChI is InChI=1S/C31H22ClN3O6/c1-40-31(39)24-12-5-6-13-25(24)34-28(36)19-8-7-9-20(18-19)33-27-26(32)29(37)35(30(27)38)21-14-16-23(17-15-21)41-22-10-3-2-4-11-22/h2-18,33H,1H3,(H,34,36). The van der Waals surface area contributed by atoms with Crippen molar-refractivity contribution in [1.29, 1.82) is 0 Å². The van der Waals surface area contributed by atoms with E-state index in [2.05, 4.69) is 10.6 Å². The predicted octanol–water partition coefficient (Wildman–Crippen LogP) is 5.95. The maximum absolute atomic E-state index is 13.2. The van der Waals surface area contributed by atoms with E-state index in [-0.39, 0.29) is 27.5 Å². The van der Waals surface area contributed by atoms with Gasteiger partial charge in [0.2, 0.25) is 0 Å². The van der Waals surface area contributed by atoms with E-state index in [1.165, 1.54) is 19.2 Å². The summed E-state index contributed by atoms with van der Waals surface area (Å²) in [5, 5.41) is 5.27. The van der Waals surface area contributed by atoms with Crippen LogP contribution in [0.5, 0.6) is 11.5 Å². The summed E-state index contributed by atoms with van der Waals surface area (Å²) < 4.78 is 10.5. The van der Waals surface area contributed by atoms with Crippen molar-refractivity contribution in [3.63, 3.8) is 0 Å². The first-order valence-corrected chi connectivity index (χ1v) is 12.7. The minimum atomic E-state index is -0.691. The molecule has 0 saturated carbocycles. The molecule has 0 radical (unpaired) electrons. The number of carbonyl (C=O) groups excluding carboxylic acids is 4. The molecule has 1 aliphatic rings. The molecule has 0 aliphatic carbocycles. The molecule has 1 heterocycles. The molecule has 9 nitrogen and oxygen atoms in total. The summed E-state index contributed by atoms with van der Waals surface area (Å²) in [6.07, 6.45) is 0. The lowest BCUT2D eigenvalue weighted by molar-refractivity contribution is -0.120. The molecule has 41 heavy (non-hydrogen) atoms. The Balaban J connectivity index is 1.30. The summed E-state index contributed by atoms with van der Waals surface area (Å²) in [4.78, 5) is 52.1. The molecule has 0 unspecified atom stereocenters. The van der Waals surface area contributed by atoms with Crippen LogP contribution in [0.15, 0.2) is 114 Å². The molecule has 3 amide bonds. The van der Waals surface area contributed by atoms with Gasteiger partial charge in [-0.05, 0) is 66.7 Å². The van der Waals surface area contributed by atoms with Crippen LogP contribution in [0.25, 0.3) is 0 Å². The fraction of sp³-hybridized carbons (Fsp3) is 0.0323. The van der Waals surface area contributed by atoms with Crippen LogP contribution in [-0.4, -0.2) is 30.8 Å². The Labute approximate surface area is 239 Å². The third-order valence-electron chi connectivity index (χ3n) is 6.08. The van der Waals surface area contributed by atoms with Crippen LogP contribution in [0, 0.1) is 0 Å². The van der Waals surface area contributed by atoms with Crippen molar-refractivity contribution < 1.29 is 28.7 Å². The van der Waals surface area contributed by atoms with E-state index in [1.807, 2.05) is 30.3 Å². The SMILES string of the molecule is COC(=O)c1ccccc1NC(=O)c1cccc(NC2=C(Cl)C(=O)N(c3ccc(Oc4ccccc4)cc3)C2=O)c1. The number of carbonyl (C=O) groups is 4. The molecular formula is C31H22ClN3O6. The zero-order valence-electron chi connectivity index (χ0n) is 21.6. The number of amides is 3. The van der Waals surface area contributed by atoms with Crippen molar-refractivity contribution in [2.75, 3.05) is 22.6 Å². The lowest BCUT2D eigenvalue weighted by Crippen LogP contribution is -2.32. The van der Waals surface area contributed by atoms with Gasteiger partial charge in [0.1, 0.15) is 22.2 Å². The molecule has 1 aliphatic heterocycles. The molecule has 0 saturated heterocycles. The zero-order chi connectivity index (χ0) is 28.9. The maximum Gasteiger partial charge on any atom is 0.339 e. The third-order valence-corrected chi connectivity index (χ3v) is 6.43. The lowest BCUT2D eigenvalue weighted by atomic mass is 10.1. The van der Waals surface area contributed by atoms with Gasteiger partial charge in [-0.3, -0.25) is 14.4 Å². The molecule has 4 aromatic carbocycles. The Morgan fingerprint density at radius 3 is 2.20 bits per heavy atom. The Kier molecular flexibility index (Phi) is 7.80. The number of ether oxygens (including phenoxy) is 2. The number of nitrogens with one attached hydrogen (secondary N) is 2. The number of benzene rings is 4. The van der Waals surface area contributed by atoms with Gasteiger partial charge >= 0.3 is 5.97 Å². The average molecular weight is 568 g/mol. The maximum atomic E-state index is 13.2. The lowest BCUT2D eigenvalue weighted by Gasteiger charge is -2.16. The number of esters is 1. The van der Waals surface area contributed by atoms with Gasteiger partial charge in [-0.15, -0.1) is 0 Å². The number of imide groups is 1. The Morgan fingerprint density at radius 1 is 0.780 bits per heavy atom. The van der Waals surface area contributed by atoms with E-state index in [0.717, 1.165) is 4.90 Å². The van der Waals surface area contributed by atoms with E-state index in [0.29, 0.717) is 22.9 Å². The second-order valence-corrected chi connectivity index (χ2v) is 9.12. The largest absolute Gasteiger partial charge is 0.465 e. The fourth-order valence-electron chi connectivity index (χ4n) is 4.09. The van der Waals surface area contributed by atoms with Crippen molar-refractivity contribution in [2.24, 2.45) is 0 Å². The number of hydrogen-bond donors (Lipinski definition) is 2. The molecule has 0 atom stereocenters. The summed E-state index contributed by atoms with van der Waals surface area (Å²) in [5.74, 6) is -1.26. The van der Waals surface area contributed by atoms with Gasteiger partial charge < -0.3 is 20.1 Å². The summed E-state index contributed by atoms with van der Waals surface area (Å²) in [6, 6.07) is 28.3.